The minimum Gasteiger partial charge on any atom is -0.453 e. The monoisotopic (exact) mass is 498 g/mol. The Morgan fingerprint density at radius 1 is 0.667 bits per heavy atom. The third-order valence-electron chi connectivity index (χ3n) is 5.01. The molecule has 0 radical (unpaired) electrons. The van der Waals surface area contributed by atoms with Gasteiger partial charge in [0.05, 0.1) is 21.2 Å². The molecule has 0 saturated carbocycles. The number of hydrogen-bond donors (Lipinski definition) is 0. The molecule has 0 atom stereocenters. The van der Waals surface area contributed by atoms with E-state index in [1.54, 1.807) is 0 Å². The minimum absolute atomic E-state index is 0.0330. The van der Waals surface area contributed by atoms with Crippen LogP contribution in [0.2, 0.25) is 10.0 Å². The predicted molar refractivity (Wildman–Crippen MR) is 107 cm³/mol. The molecule has 1 aliphatic rings. The Bertz CT molecular complexity index is 1480. The fourth-order valence-corrected chi connectivity index (χ4v) is 3.79. The van der Waals surface area contributed by atoms with Crippen LogP contribution < -0.4 is 0 Å². The second-order valence-electron chi connectivity index (χ2n) is 6.96. The summed E-state index contributed by atoms with van der Waals surface area (Å²) in [6, 6.07) is 4.64. The molecule has 5 rings (SSSR count). The van der Waals surface area contributed by atoms with Crippen LogP contribution in [0.25, 0.3) is 28.6 Å². The van der Waals surface area contributed by atoms with Crippen LogP contribution in [0.15, 0.2) is 38.7 Å². The van der Waals surface area contributed by atoms with Gasteiger partial charge >= 0.3 is 0 Å². The SMILES string of the molecule is O=C1C(=Cc2cc3oc(-c4c(F)c(F)c(F)c(F)c4F)cc3o2)C(=O)c2cc(Cl)c(Cl)cc21. The van der Waals surface area contributed by atoms with Crippen LogP contribution >= 0.6 is 23.2 Å². The summed E-state index contributed by atoms with van der Waals surface area (Å²) in [5, 5.41) is 0.183. The van der Waals surface area contributed by atoms with Crippen molar-refractivity contribution in [1.82, 2.24) is 0 Å². The number of carbonyl (C=O) groups is 2. The summed E-state index contributed by atoms with van der Waals surface area (Å²) in [5.74, 6) is -12.6. The van der Waals surface area contributed by atoms with Crippen molar-refractivity contribution in [2.24, 2.45) is 0 Å². The van der Waals surface area contributed by atoms with Gasteiger partial charge in [-0.15, -0.1) is 0 Å². The van der Waals surface area contributed by atoms with Crippen molar-refractivity contribution in [2.45, 2.75) is 0 Å². The summed E-state index contributed by atoms with van der Waals surface area (Å²) in [5.41, 5.74) is -1.64. The zero-order valence-corrected chi connectivity index (χ0v) is 17.2. The zero-order chi connectivity index (χ0) is 23.8. The van der Waals surface area contributed by atoms with Crippen molar-refractivity contribution < 1.29 is 40.4 Å². The van der Waals surface area contributed by atoms with Gasteiger partial charge in [-0.3, -0.25) is 9.59 Å². The number of carbonyl (C=O) groups excluding carboxylic acids is 2. The zero-order valence-electron chi connectivity index (χ0n) is 15.7. The maximum Gasteiger partial charge on any atom is 0.200 e. The number of hydrogen-bond acceptors (Lipinski definition) is 4. The molecule has 0 saturated heterocycles. The number of allylic oxidation sites excluding steroid dienone is 1. The highest BCUT2D eigenvalue weighted by Crippen LogP contribution is 2.38. The molecule has 1 aliphatic carbocycles. The molecule has 11 heteroatoms. The van der Waals surface area contributed by atoms with Crippen molar-refractivity contribution >= 4 is 52.0 Å². The molecule has 0 fully saturated rings. The lowest BCUT2D eigenvalue weighted by Gasteiger charge is -2.05. The van der Waals surface area contributed by atoms with E-state index in [0.29, 0.717) is 0 Å². The molecule has 0 amide bonds. The van der Waals surface area contributed by atoms with E-state index in [1.807, 2.05) is 0 Å². The highest BCUT2D eigenvalue weighted by atomic mass is 35.5. The molecule has 166 valence electrons. The van der Waals surface area contributed by atoms with E-state index in [9.17, 15) is 31.5 Å². The van der Waals surface area contributed by atoms with Gasteiger partial charge in [-0.1, -0.05) is 23.2 Å². The Morgan fingerprint density at radius 3 is 1.67 bits per heavy atom. The van der Waals surface area contributed by atoms with Gasteiger partial charge in [-0.05, 0) is 18.2 Å². The summed E-state index contributed by atoms with van der Waals surface area (Å²) in [6.45, 7) is 0. The van der Waals surface area contributed by atoms with Gasteiger partial charge in [0.2, 0.25) is 5.82 Å². The second kappa shape index (κ2) is 7.29. The maximum absolute atomic E-state index is 14.0. The Labute approximate surface area is 189 Å². The first-order chi connectivity index (χ1) is 15.6. The molecule has 0 unspecified atom stereocenters. The van der Waals surface area contributed by atoms with Crippen LogP contribution in [0, 0.1) is 29.1 Å². The molecule has 4 aromatic rings. The Kier molecular flexibility index (Phi) is 4.73. The summed E-state index contributed by atoms with van der Waals surface area (Å²) in [6.07, 6.45) is 1.13. The highest BCUT2D eigenvalue weighted by molar-refractivity contribution is 6.46. The van der Waals surface area contributed by atoms with E-state index >= 15 is 0 Å². The molecule has 2 aromatic carbocycles. The molecule has 0 aliphatic heterocycles. The summed E-state index contributed by atoms with van der Waals surface area (Å²) in [7, 11) is 0. The lowest BCUT2D eigenvalue weighted by atomic mass is 10.1. The summed E-state index contributed by atoms with van der Waals surface area (Å²) in [4.78, 5) is 25.2. The average molecular weight is 499 g/mol. The minimum atomic E-state index is -2.30. The second-order valence-corrected chi connectivity index (χ2v) is 7.78. The van der Waals surface area contributed by atoms with Gasteiger partial charge in [0.25, 0.3) is 0 Å². The van der Waals surface area contributed by atoms with Crippen molar-refractivity contribution in [3.8, 4) is 11.3 Å². The van der Waals surface area contributed by atoms with E-state index in [1.165, 1.54) is 18.2 Å². The van der Waals surface area contributed by atoms with Crippen LogP contribution in [0.3, 0.4) is 0 Å². The van der Waals surface area contributed by atoms with Crippen molar-refractivity contribution in [2.75, 3.05) is 0 Å². The molecule has 33 heavy (non-hydrogen) atoms. The van der Waals surface area contributed by atoms with Gasteiger partial charge in [0.15, 0.2) is 46.0 Å². The fraction of sp³-hybridized carbons (Fsp3) is 0. The van der Waals surface area contributed by atoms with E-state index in [4.69, 9.17) is 32.0 Å². The first-order valence-corrected chi connectivity index (χ1v) is 9.69. The lowest BCUT2D eigenvalue weighted by Crippen LogP contribution is -2.03. The molecule has 2 aromatic heterocycles. The lowest BCUT2D eigenvalue weighted by molar-refractivity contribution is 0.0990. The standard InChI is InChI=1S/C22H5Cl2F5O4/c23-10-3-7-8(4-11(10)24)22(31)9(21(7)30)1-6-2-12-13(32-6)5-14(33-12)15-16(25)18(27)20(29)19(28)17(15)26/h1-5H. The van der Waals surface area contributed by atoms with Crippen molar-refractivity contribution in [3.05, 3.63) is 85.9 Å². The van der Waals surface area contributed by atoms with Crippen LogP contribution in [-0.4, -0.2) is 11.6 Å². The smallest absolute Gasteiger partial charge is 0.200 e. The van der Waals surface area contributed by atoms with Crippen molar-refractivity contribution in [3.63, 3.8) is 0 Å². The molecular formula is C22H5Cl2F5O4. The van der Waals surface area contributed by atoms with Gasteiger partial charge < -0.3 is 8.83 Å². The molecular weight excluding hydrogens is 494 g/mol. The molecule has 0 bridgehead atoms. The predicted octanol–water partition coefficient (Wildman–Crippen LogP) is 7.16. The number of halogens is 7. The number of ketones is 2. The van der Waals surface area contributed by atoms with E-state index in [-0.39, 0.29) is 43.7 Å². The molecule has 0 N–H and O–H groups in total. The average Bonchev–Trinajstić information content (AvgIpc) is 3.39. The Hall–Kier alpha value is -3.43. The van der Waals surface area contributed by atoms with E-state index in [0.717, 1.165) is 12.1 Å². The fourth-order valence-electron chi connectivity index (χ4n) is 3.46. The van der Waals surface area contributed by atoms with Crippen LogP contribution in [0.4, 0.5) is 22.0 Å². The topological polar surface area (TPSA) is 60.4 Å². The first-order valence-electron chi connectivity index (χ1n) is 8.93. The third-order valence-corrected chi connectivity index (χ3v) is 5.73. The van der Waals surface area contributed by atoms with Gasteiger partial charge in [0.1, 0.15) is 11.5 Å². The maximum atomic E-state index is 14.0. The van der Waals surface area contributed by atoms with Crippen molar-refractivity contribution in [1.29, 1.82) is 0 Å². The van der Waals surface area contributed by atoms with Gasteiger partial charge in [-0.2, -0.15) is 0 Å². The number of rotatable bonds is 2. The van der Waals surface area contributed by atoms with Crippen LogP contribution in [0.1, 0.15) is 26.5 Å². The number of benzene rings is 2. The van der Waals surface area contributed by atoms with Gasteiger partial charge in [-0.25, -0.2) is 22.0 Å². The molecule has 4 nitrogen and oxygen atoms in total. The Balaban J connectivity index is 1.55. The summed E-state index contributed by atoms with van der Waals surface area (Å²) < 4.78 is 78.9. The van der Waals surface area contributed by atoms with Crippen LogP contribution in [-0.2, 0) is 0 Å². The Morgan fingerprint density at radius 2 is 1.15 bits per heavy atom. The van der Waals surface area contributed by atoms with E-state index in [2.05, 4.69) is 0 Å². The number of Topliss-reactive ketones (excluding diaryl/α,β-unsaturated/α-hetero) is 2. The van der Waals surface area contributed by atoms with E-state index < -0.39 is 52.0 Å². The summed E-state index contributed by atoms with van der Waals surface area (Å²) >= 11 is 11.8. The van der Waals surface area contributed by atoms with Crippen LogP contribution in [0.5, 0.6) is 0 Å². The van der Waals surface area contributed by atoms with Gasteiger partial charge in [0, 0.05) is 23.3 Å². The third kappa shape index (κ3) is 3.11. The number of furan rings is 2. The molecule has 0 spiro atoms. The molecule has 2 heterocycles. The quantitative estimate of drug-likeness (QED) is 0.0966. The first kappa shape index (κ1) is 21.4. The number of fused-ring (bicyclic) bond motifs is 2. The largest absolute Gasteiger partial charge is 0.453 e. The highest BCUT2D eigenvalue weighted by Gasteiger charge is 2.34. The normalized spacial score (nSPS) is 13.4.